The van der Waals surface area contributed by atoms with Gasteiger partial charge in [0, 0.05) is 4.47 Å². The van der Waals surface area contributed by atoms with Crippen molar-refractivity contribution in [2.75, 3.05) is 11.6 Å². The van der Waals surface area contributed by atoms with E-state index in [-0.39, 0.29) is 6.54 Å². The summed E-state index contributed by atoms with van der Waals surface area (Å²) in [6.45, 7) is 0.268. The number of rotatable bonds is 2. The van der Waals surface area contributed by atoms with Crippen molar-refractivity contribution in [3.05, 3.63) is 28.7 Å². The average molecular weight is 283 g/mol. The van der Waals surface area contributed by atoms with Gasteiger partial charge in [-0.05, 0) is 24.3 Å². The molecule has 1 atom stereocenters. The first-order valence-corrected chi connectivity index (χ1v) is 5.48. The Morgan fingerprint density at radius 1 is 1.44 bits per heavy atom. The predicted octanol–water partition coefficient (Wildman–Crippen LogP) is 0.438. The van der Waals surface area contributed by atoms with Crippen LogP contribution in [0, 0.1) is 0 Å². The van der Waals surface area contributed by atoms with Gasteiger partial charge in [-0.1, -0.05) is 15.9 Å². The summed E-state index contributed by atoms with van der Waals surface area (Å²) < 4.78 is 0.980. The van der Waals surface area contributed by atoms with Crippen LogP contribution in [0.2, 0.25) is 0 Å². The molecule has 0 aliphatic carbocycles. The van der Waals surface area contributed by atoms with Crippen molar-refractivity contribution in [1.82, 2.24) is 0 Å². The normalized spacial score (nSPS) is 23.8. The van der Waals surface area contributed by atoms with Gasteiger partial charge in [0.15, 0.2) is 5.54 Å². The second kappa shape index (κ2) is 3.88. The topological polar surface area (TPSA) is 84.7 Å². The Morgan fingerprint density at radius 3 is 2.56 bits per heavy atom. The van der Waals surface area contributed by atoms with E-state index < -0.39 is 11.4 Å². The predicted molar refractivity (Wildman–Crippen MR) is 66.1 cm³/mol. The van der Waals surface area contributed by atoms with Crippen LogP contribution in [0.4, 0.5) is 5.69 Å². The van der Waals surface area contributed by atoms with Crippen molar-refractivity contribution in [3.63, 3.8) is 0 Å². The number of amides is 1. The molecule has 1 aromatic carbocycles. The molecule has 0 aromatic heterocycles. The molecule has 0 fully saturated rings. The lowest BCUT2D eigenvalue weighted by Crippen LogP contribution is -2.56. The Labute approximate surface area is 101 Å². The smallest absolute Gasteiger partial charge is 0.245 e. The minimum absolute atomic E-state index is 0.268. The molecule has 1 aliphatic rings. The highest BCUT2D eigenvalue weighted by Gasteiger charge is 2.37. The van der Waals surface area contributed by atoms with Gasteiger partial charge in [-0.3, -0.25) is 9.80 Å². The van der Waals surface area contributed by atoms with Crippen LogP contribution in [-0.4, -0.2) is 24.2 Å². The molecule has 1 aromatic rings. The van der Waals surface area contributed by atoms with Gasteiger partial charge >= 0.3 is 0 Å². The zero-order valence-corrected chi connectivity index (χ0v) is 10.0. The first-order valence-electron chi connectivity index (χ1n) is 4.68. The summed E-state index contributed by atoms with van der Waals surface area (Å²) in [7, 11) is 0. The number of hydrogen-bond donors (Lipinski definition) is 2. The fourth-order valence-electron chi connectivity index (χ4n) is 1.41. The Kier molecular flexibility index (Phi) is 2.69. The number of carbonyl (C=O) groups excluding carboxylic acids is 1. The number of benzene rings is 1. The quantitative estimate of drug-likeness (QED) is 0.825. The number of carbonyl (C=O) groups is 1. The van der Waals surface area contributed by atoms with E-state index in [1.165, 1.54) is 6.21 Å². The molecule has 1 heterocycles. The lowest BCUT2D eigenvalue weighted by atomic mass is 10.0. The molecule has 1 aliphatic heterocycles. The van der Waals surface area contributed by atoms with Crippen molar-refractivity contribution in [2.24, 2.45) is 16.6 Å². The third kappa shape index (κ3) is 1.94. The number of halogens is 1. The van der Waals surface area contributed by atoms with Crippen molar-refractivity contribution in [3.8, 4) is 0 Å². The minimum Gasteiger partial charge on any atom is -0.368 e. The number of hydrazone groups is 1. The fourth-order valence-corrected chi connectivity index (χ4v) is 1.68. The second-order valence-corrected chi connectivity index (χ2v) is 4.60. The summed E-state index contributed by atoms with van der Waals surface area (Å²) >= 11 is 3.34. The van der Waals surface area contributed by atoms with Gasteiger partial charge in [0.25, 0.3) is 0 Å². The van der Waals surface area contributed by atoms with E-state index in [0.29, 0.717) is 0 Å². The van der Waals surface area contributed by atoms with E-state index in [9.17, 15) is 4.79 Å². The zero-order chi connectivity index (χ0) is 11.8. The maximum absolute atomic E-state index is 11.1. The van der Waals surface area contributed by atoms with Crippen molar-refractivity contribution in [1.29, 1.82) is 0 Å². The number of hydrogen-bond acceptors (Lipinski definition) is 4. The van der Waals surface area contributed by atoms with Crippen LogP contribution in [0.15, 0.2) is 33.8 Å². The second-order valence-electron chi connectivity index (χ2n) is 3.68. The molecular weight excluding hydrogens is 272 g/mol. The highest BCUT2D eigenvalue weighted by molar-refractivity contribution is 9.10. The number of anilines is 1. The molecule has 0 bridgehead atoms. The molecule has 0 saturated heterocycles. The molecule has 4 N–H and O–H groups in total. The van der Waals surface area contributed by atoms with Gasteiger partial charge < -0.3 is 11.5 Å². The van der Waals surface area contributed by atoms with E-state index in [1.54, 1.807) is 5.01 Å². The maximum atomic E-state index is 11.1. The fraction of sp³-hybridized carbons (Fsp3) is 0.200. The summed E-state index contributed by atoms with van der Waals surface area (Å²) in [5, 5.41) is 5.73. The molecule has 1 amide bonds. The van der Waals surface area contributed by atoms with Crippen LogP contribution in [0.5, 0.6) is 0 Å². The Balaban J connectivity index is 2.19. The average Bonchev–Trinajstić information content (AvgIpc) is 2.63. The van der Waals surface area contributed by atoms with Gasteiger partial charge in [-0.2, -0.15) is 5.10 Å². The third-order valence-corrected chi connectivity index (χ3v) is 2.95. The molecule has 2 rings (SSSR count). The highest BCUT2D eigenvalue weighted by Crippen LogP contribution is 2.22. The maximum Gasteiger partial charge on any atom is 0.245 e. The van der Waals surface area contributed by atoms with Crippen LogP contribution < -0.4 is 16.5 Å². The Hall–Kier alpha value is -1.40. The van der Waals surface area contributed by atoms with Crippen LogP contribution in [0.3, 0.4) is 0 Å². The monoisotopic (exact) mass is 282 g/mol. The molecule has 0 saturated carbocycles. The largest absolute Gasteiger partial charge is 0.368 e. The summed E-state index contributed by atoms with van der Waals surface area (Å²) in [4.78, 5) is 11.1. The van der Waals surface area contributed by atoms with Crippen molar-refractivity contribution < 1.29 is 4.79 Å². The summed E-state index contributed by atoms with van der Waals surface area (Å²) in [6, 6.07) is 7.56. The van der Waals surface area contributed by atoms with Gasteiger partial charge in [0.2, 0.25) is 5.91 Å². The van der Waals surface area contributed by atoms with E-state index in [1.807, 2.05) is 24.3 Å². The standard InChI is InChI=1S/C10H11BrN4O/c11-7-1-3-8(4-2-7)15-6-10(13,5-14-15)9(12)16/h1-5H,6,13H2,(H2,12,16). The lowest BCUT2D eigenvalue weighted by Gasteiger charge is -2.20. The number of nitrogens with zero attached hydrogens (tertiary/aromatic N) is 2. The van der Waals surface area contributed by atoms with Crippen molar-refractivity contribution in [2.45, 2.75) is 5.54 Å². The van der Waals surface area contributed by atoms with Crippen LogP contribution in [-0.2, 0) is 4.79 Å². The minimum atomic E-state index is -1.17. The van der Waals surface area contributed by atoms with Gasteiger partial charge in [0.1, 0.15) is 0 Å². The van der Waals surface area contributed by atoms with Crippen molar-refractivity contribution >= 4 is 33.7 Å². The van der Waals surface area contributed by atoms with Crippen LogP contribution in [0.25, 0.3) is 0 Å². The number of nitrogens with two attached hydrogens (primary N) is 2. The zero-order valence-electron chi connectivity index (χ0n) is 8.43. The van der Waals surface area contributed by atoms with Crippen LogP contribution >= 0.6 is 15.9 Å². The van der Waals surface area contributed by atoms with Gasteiger partial charge in [-0.15, -0.1) is 0 Å². The summed E-state index contributed by atoms with van der Waals surface area (Å²) in [6.07, 6.45) is 1.39. The Bertz CT molecular complexity index is 445. The molecule has 1 unspecified atom stereocenters. The molecular formula is C10H11BrN4O. The van der Waals surface area contributed by atoms with E-state index in [4.69, 9.17) is 11.5 Å². The van der Waals surface area contributed by atoms with Gasteiger partial charge in [-0.25, -0.2) is 0 Å². The third-order valence-electron chi connectivity index (χ3n) is 2.42. The van der Waals surface area contributed by atoms with Gasteiger partial charge in [0.05, 0.1) is 18.4 Å². The molecule has 84 valence electrons. The summed E-state index contributed by atoms with van der Waals surface area (Å²) in [5.41, 5.74) is 10.7. The summed E-state index contributed by atoms with van der Waals surface area (Å²) in [5.74, 6) is -0.573. The molecule has 0 radical (unpaired) electrons. The molecule has 16 heavy (non-hydrogen) atoms. The van der Waals surface area contributed by atoms with E-state index in [0.717, 1.165) is 10.2 Å². The van der Waals surface area contributed by atoms with E-state index in [2.05, 4.69) is 21.0 Å². The van der Waals surface area contributed by atoms with E-state index >= 15 is 0 Å². The SMILES string of the molecule is NC(=O)C1(N)C=NN(c2ccc(Br)cc2)C1. The molecule has 5 nitrogen and oxygen atoms in total. The molecule has 0 spiro atoms. The van der Waals surface area contributed by atoms with Crippen LogP contribution in [0.1, 0.15) is 0 Å². The highest BCUT2D eigenvalue weighted by atomic mass is 79.9. The first-order chi connectivity index (χ1) is 7.51. The first kappa shape index (κ1) is 11.1. The number of primary amides is 1. The molecule has 6 heteroatoms. The lowest BCUT2D eigenvalue weighted by molar-refractivity contribution is -0.120. The Morgan fingerprint density at radius 2 is 2.06 bits per heavy atom.